The molecule has 2 atom stereocenters. The monoisotopic (exact) mass is 299 g/mol. The Balaban J connectivity index is 2.16. The minimum absolute atomic E-state index is 0.100. The molecule has 0 aromatic heterocycles. The van der Waals surface area contributed by atoms with Crippen molar-refractivity contribution in [2.75, 3.05) is 6.54 Å². The average Bonchev–Trinajstić information content (AvgIpc) is 2.81. The maximum Gasteiger partial charge on any atom is 0.387 e. The number of aliphatic carboxylic acids is 1. The van der Waals surface area contributed by atoms with Crippen LogP contribution in [-0.2, 0) is 4.79 Å². The summed E-state index contributed by atoms with van der Waals surface area (Å²) in [5, 5.41) is 9.44. The number of hydrogen-bond acceptors (Lipinski definition) is 3. The lowest BCUT2D eigenvalue weighted by Crippen LogP contribution is -2.48. The summed E-state index contributed by atoms with van der Waals surface area (Å²) in [6.45, 7) is 1.52. The van der Waals surface area contributed by atoms with Crippen LogP contribution in [0.3, 0.4) is 0 Å². The number of benzene rings is 1. The van der Waals surface area contributed by atoms with Crippen LogP contribution < -0.4 is 4.74 Å². The first kappa shape index (κ1) is 15.7. The molecular formula is C15H19F2NO3. The zero-order chi connectivity index (χ0) is 15.6. The van der Waals surface area contributed by atoms with Crippen LogP contribution in [-0.4, -0.2) is 34.7 Å². The van der Waals surface area contributed by atoms with Crippen LogP contribution >= 0.6 is 0 Å². The summed E-state index contributed by atoms with van der Waals surface area (Å²) >= 11 is 0. The third kappa shape index (κ3) is 3.15. The van der Waals surface area contributed by atoms with E-state index in [1.165, 1.54) is 12.1 Å². The first-order chi connectivity index (χ1) is 9.84. The maximum atomic E-state index is 12.1. The molecule has 1 aliphatic heterocycles. The summed E-state index contributed by atoms with van der Waals surface area (Å²) in [6.07, 6.45) is 1.44. The molecule has 2 unspecified atom stereocenters. The largest absolute Gasteiger partial charge is 0.480 e. The molecule has 1 aliphatic rings. The van der Waals surface area contributed by atoms with Crippen molar-refractivity contribution in [3.05, 3.63) is 29.8 Å². The fourth-order valence-electron chi connectivity index (χ4n) is 2.94. The number of rotatable bonds is 5. The Hall–Kier alpha value is -1.69. The molecule has 1 aromatic carbocycles. The first-order valence-electron chi connectivity index (χ1n) is 6.89. The van der Waals surface area contributed by atoms with Crippen LogP contribution in [0.1, 0.15) is 38.3 Å². The van der Waals surface area contributed by atoms with E-state index < -0.39 is 18.1 Å². The van der Waals surface area contributed by atoms with Crippen molar-refractivity contribution >= 4 is 5.97 Å². The highest BCUT2D eigenvalue weighted by atomic mass is 19.3. The highest BCUT2D eigenvalue weighted by Gasteiger charge is 2.45. The number of carboxylic acid groups (broad SMARTS) is 1. The Morgan fingerprint density at radius 2 is 2.00 bits per heavy atom. The van der Waals surface area contributed by atoms with E-state index in [0.29, 0.717) is 13.0 Å². The van der Waals surface area contributed by atoms with E-state index in [1.807, 2.05) is 11.8 Å². The predicted molar refractivity (Wildman–Crippen MR) is 73.5 cm³/mol. The second-order valence-electron chi connectivity index (χ2n) is 5.50. The molecule has 0 amide bonds. The average molecular weight is 299 g/mol. The molecule has 1 aromatic rings. The van der Waals surface area contributed by atoms with Gasteiger partial charge in [-0.25, -0.2) is 0 Å². The van der Waals surface area contributed by atoms with E-state index in [-0.39, 0.29) is 11.8 Å². The van der Waals surface area contributed by atoms with Crippen LogP contribution in [0.4, 0.5) is 8.78 Å². The van der Waals surface area contributed by atoms with Gasteiger partial charge in [0.25, 0.3) is 0 Å². The number of likely N-dealkylation sites (tertiary alicyclic amines) is 1. The van der Waals surface area contributed by atoms with Crippen LogP contribution in [0.5, 0.6) is 5.75 Å². The summed E-state index contributed by atoms with van der Waals surface area (Å²) in [4.78, 5) is 13.4. The Morgan fingerprint density at radius 3 is 2.52 bits per heavy atom. The van der Waals surface area contributed by atoms with Gasteiger partial charge in [-0.1, -0.05) is 12.1 Å². The van der Waals surface area contributed by atoms with E-state index in [0.717, 1.165) is 12.0 Å². The molecule has 4 nitrogen and oxygen atoms in total. The van der Waals surface area contributed by atoms with Crippen LogP contribution in [0.25, 0.3) is 0 Å². The van der Waals surface area contributed by atoms with Crippen LogP contribution in [0.15, 0.2) is 24.3 Å². The van der Waals surface area contributed by atoms with Crippen LogP contribution in [0.2, 0.25) is 0 Å². The molecule has 1 N–H and O–H groups in total. The molecule has 1 heterocycles. The molecule has 2 rings (SSSR count). The molecule has 0 radical (unpaired) electrons. The van der Waals surface area contributed by atoms with Gasteiger partial charge in [0, 0.05) is 6.04 Å². The number of halogens is 2. The molecule has 6 heteroatoms. The highest BCUT2D eigenvalue weighted by molar-refractivity contribution is 5.78. The lowest BCUT2D eigenvalue weighted by atomic mass is 9.96. The van der Waals surface area contributed by atoms with Crippen molar-refractivity contribution < 1.29 is 23.4 Å². The fourth-order valence-corrected chi connectivity index (χ4v) is 2.94. The number of hydrogen-bond donors (Lipinski definition) is 1. The molecule has 0 saturated carbocycles. The molecule has 0 spiro atoms. The molecular weight excluding hydrogens is 280 g/mol. The second-order valence-corrected chi connectivity index (χ2v) is 5.50. The van der Waals surface area contributed by atoms with Gasteiger partial charge in [0.1, 0.15) is 11.3 Å². The fraction of sp³-hybridized carbons (Fsp3) is 0.533. The van der Waals surface area contributed by atoms with Crippen LogP contribution in [0, 0.1) is 0 Å². The van der Waals surface area contributed by atoms with Gasteiger partial charge in [-0.05, 0) is 50.9 Å². The van der Waals surface area contributed by atoms with Gasteiger partial charge < -0.3 is 9.84 Å². The van der Waals surface area contributed by atoms with Crippen molar-refractivity contribution in [2.24, 2.45) is 0 Å². The zero-order valence-corrected chi connectivity index (χ0v) is 12.1. The van der Waals surface area contributed by atoms with Crippen molar-refractivity contribution in [3.8, 4) is 5.75 Å². The topological polar surface area (TPSA) is 49.8 Å². The SMILES string of the molecule is CC(c1ccc(OC(F)F)cc1)N1CCCC1(C)C(=O)O. The summed E-state index contributed by atoms with van der Waals surface area (Å²) in [5.74, 6) is -0.729. The zero-order valence-electron chi connectivity index (χ0n) is 12.1. The van der Waals surface area contributed by atoms with Crippen molar-refractivity contribution in [1.82, 2.24) is 4.90 Å². The van der Waals surface area contributed by atoms with Gasteiger partial charge in [0.2, 0.25) is 0 Å². The predicted octanol–water partition coefficient (Wildman–Crippen LogP) is 3.29. The number of nitrogens with zero attached hydrogens (tertiary/aromatic N) is 1. The molecule has 21 heavy (non-hydrogen) atoms. The third-order valence-electron chi connectivity index (χ3n) is 4.21. The van der Waals surface area contributed by atoms with Crippen molar-refractivity contribution in [2.45, 2.75) is 44.9 Å². The van der Waals surface area contributed by atoms with E-state index in [1.54, 1.807) is 19.1 Å². The number of carbonyl (C=O) groups is 1. The van der Waals surface area contributed by atoms with Gasteiger partial charge in [-0.3, -0.25) is 9.69 Å². The van der Waals surface area contributed by atoms with Gasteiger partial charge >= 0.3 is 12.6 Å². The van der Waals surface area contributed by atoms with Gasteiger partial charge in [-0.15, -0.1) is 0 Å². The first-order valence-corrected chi connectivity index (χ1v) is 6.89. The molecule has 0 aliphatic carbocycles. The Morgan fingerprint density at radius 1 is 1.38 bits per heavy atom. The smallest absolute Gasteiger partial charge is 0.387 e. The summed E-state index contributed by atoms with van der Waals surface area (Å²) in [6, 6.07) is 6.25. The Bertz CT molecular complexity index is 506. The summed E-state index contributed by atoms with van der Waals surface area (Å²) < 4.78 is 28.6. The third-order valence-corrected chi connectivity index (χ3v) is 4.21. The number of alkyl halides is 2. The number of ether oxygens (including phenoxy) is 1. The minimum Gasteiger partial charge on any atom is -0.480 e. The second kappa shape index (κ2) is 5.97. The van der Waals surface area contributed by atoms with Gasteiger partial charge in [0.05, 0.1) is 0 Å². The lowest BCUT2D eigenvalue weighted by molar-refractivity contribution is -0.149. The van der Waals surface area contributed by atoms with Crippen molar-refractivity contribution in [3.63, 3.8) is 0 Å². The minimum atomic E-state index is -2.85. The quantitative estimate of drug-likeness (QED) is 0.906. The normalized spacial score (nSPS) is 24.2. The summed E-state index contributed by atoms with van der Waals surface area (Å²) in [7, 11) is 0. The van der Waals surface area contributed by atoms with Crippen molar-refractivity contribution in [1.29, 1.82) is 0 Å². The molecule has 116 valence electrons. The summed E-state index contributed by atoms with van der Waals surface area (Å²) in [5.41, 5.74) is 0.00313. The standard InChI is InChI=1S/C15H19F2NO3/c1-10(18-9-3-8-15(18,2)13(19)20)11-4-6-12(7-5-11)21-14(16)17/h4-7,10,14H,3,8-9H2,1-2H3,(H,19,20). The van der Waals surface area contributed by atoms with E-state index in [4.69, 9.17) is 0 Å². The Labute approximate surface area is 122 Å². The Kier molecular flexibility index (Phi) is 4.46. The maximum absolute atomic E-state index is 12.1. The van der Waals surface area contributed by atoms with Gasteiger partial charge in [0.15, 0.2) is 0 Å². The molecule has 1 saturated heterocycles. The van der Waals surface area contributed by atoms with E-state index in [9.17, 15) is 18.7 Å². The lowest BCUT2D eigenvalue weighted by Gasteiger charge is -2.36. The van der Waals surface area contributed by atoms with E-state index >= 15 is 0 Å². The highest BCUT2D eigenvalue weighted by Crippen LogP contribution is 2.37. The van der Waals surface area contributed by atoms with E-state index in [2.05, 4.69) is 4.74 Å². The number of carboxylic acids is 1. The van der Waals surface area contributed by atoms with Gasteiger partial charge in [-0.2, -0.15) is 8.78 Å². The molecule has 1 fully saturated rings. The molecule has 0 bridgehead atoms.